The monoisotopic (exact) mass is 1190 g/mol. The van der Waals surface area contributed by atoms with E-state index >= 15 is 0 Å². The summed E-state index contributed by atoms with van der Waals surface area (Å²) >= 11 is 0. The highest BCUT2D eigenvalue weighted by Crippen LogP contribution is 2.43. The Bertz CT molecular complexity index is 3880. The van der Waals surface area contributed by atoms with Crippen LogP contribution in [0.4, 0.5) is 51.2 Å². The molecule has 0 aromatic heterocycles. The summed E-state index contributed by atoms with van der Waals surface area (Å²) in [6, 6.07) is 95.5. The zero-order chi connectivity index (χ0) is 63.0. The van der Waals surface area contributed by atoms with E-state index in [1.165, 1.54) is 0 Å². The van der Waals surface area contributed by atoms with Crippen LogP contribution >= 0.6 is 0 Å². The molecule has 0 heterocycles. The standard InChI is InChI=1S/C82H67N3O6/c1-55-49-64(50-56(2)77(55)89-80(86)61-37-43-73(44-38-61)83(67-25-13-7-14-26-67)68-27-15-8-16-28-68)76(65-51-57(3)78(58(4)52-65)90-81(87)62-39-45-74(46-40-62)84(69-29-17-9-18-30-69)70-31-19-10-20-32-70)66-53-59(5)79(60(6)54-66)91-82(88)63-41-47-75(48-42-63)85(71-33-21-11-22-34-71)72-35-23-12-24-36-72/h7-54,76H,1-6H3. The molecule has 0 saturated heterocycles. The molecule has 0 amide bonds. The van der Waals surface area contributed by atoms with Crippen molar-refractivity contribution in [1.29, 1.82) is 0 Å². The highest BCUT2D eigenvalue weighted by Gasteiger charge is 2.27. The molecule has 0 bridgehead atoms. The number of esters is 3. The van der Waals surface area contributed by atoms with Crippen LogP contribution in [0.15, 0.2) is 291 Å². The van der Waals surface area contributed by atoms with Crippen molar-refractivity contribution in [3.05, 3.63) is 358 Å². The van der Waals surface area contributed by atoms with Gasteiger partial charge in [-0.25, -0.2) is 14.4 Å². The fraction of sp³-hybridized carbons (Fsp3) is 0.0854. The first-order chi connectivity index (χ1) is 44.3. The quantitative estimate of drug-likeness (QED) is 0.0473. The molecule has 0 aliphatic carbocycles. The molecule has 0 saturated carbocycles. The van der Waals surface area contributed by atoms with Crippen LogP contribution in [0, 0.1) is 41.5 Å². The maximum atomic E-state index is 14.1. The van der Waals surface area contributed by atoms with E-state index in [4.69, 9.17) is 14.2 Å². The second-order valence-electron chi connectivity index (χ2n) is 22.7. The van der Waals surface area contributed by atoms with Crippen LogP contribution in [-0.2, 0) is 0 Å². The third-order valence-electron chi connectivity index (χ3n) is 16.2. The molecule has 0 aliphatic rings. The minimum Gasteiger partial charge on any atom is -0.422 e. The molecule has 0 aliphatic heterocycles. The van der Waals surface area contributed by atoms with E-state index in [1.54, 1.807) is 36.4 Å². The van der Waals surface area contributed by atoms with Crippen LogP contribution in [0.5, 0.6) is 17.2 Å². The SMILES string of the molecule is Cc1cc(C(c2cc(C)c(OC(=O)c3ccc(N(c4ccccc4)c4ccccc4)cc3)c(C)c2)c2cc(C)c(OC(=O)c3ccc(N(c4ccccc4)c4ccccc4)cc3)c(C)c2)cc(C)c1OC(=O)c1ccc(N(c2ccccc2)c2ccccc2)cc1. The van der Waals surface area contributed by atoms with Crippen LogP contribution in [0.1, 0.15) is 87.1 Å². The van der Waals surface area contributed by atoms with Gasteiger partial charge in [0.2, 0.25) is 0 Å². The summed E-state index contributed by atoms with van der Waals surface area (Å²) in [6.45, 7) is 11.7. The average molecular weight is 1190 g/mol. The number of nitrogens with zero attached hydrogens (tertiary/aromatic N) is 3. The largest absolute Gasteiger partial charge is 0.422 e. The minimum absolute atomic E-state index is 0.384. The Morgan fingerprint density at radius 2 is 0.407 bits per heavy atom. The van der Waals surface area contributed by atoms with Gasteiger partial charge in [0, 0.05) is 57.1 Å². The molecule has 0 spiro atoms. The number of rotatable bonds is 18. The lowest BCUT2D eigenvalue weighted by Gasteiger charge is -2.26. The molecule has 91 heavy (non-hydrogen) atoms. The Kier molecular flexibility index (Phi) is 17.6. The summed E-state index contributed by atoms with van der Waals surface area (Å²) in [6.07, 6.45) is 0. The van der Waals surface area contributed by atoms with Crippen molar-refractivity contribution in [3.63, 3.8) is 0 Å². The smallest absolute Gasteiger partial charge is 0.343 e. The van der Waals surface area contributed by atoms with E-state index in [2.05, 4.69) is 124 Å². The topological polar surface area (TPSA) is 88.6 Å². The van der Waals surface area contributed by atoms with E-state index in [-0.39, 0.29) is 5.92 Å². The Morgan fingerprint density at radius 1 is 0.242 bits per heavy atom. The fourth-order valence-electron chi connectivity index (χ4n) is 12.0. The zero-order valence-electron chi connectivity index (χ0n) is 51.6. The van der Waals surface area contributed by atoms with Crippen molar-refractivity contribution in [2.45, 2.75) is 47.5 Å². The Balaban J connectivity index is 0.842. The van der Waals surface area contributed by atoms with Gasteiger partial charge in [-0.15, -0.1) is 0 Å². The summed E-state index contributed by atoms with van der Waals surface area (Å²) in [5.74, 6) is -0.403. The highest BCUT2D eigenvalue weighted by molar-refractivity contribution is 5.94. The lowest BCUT2D eigenvalue weighted by Crippen LogP contribution is -2.14. The molecular weight excluding hydrogens is 1120 g/mol. The van der Waals surface area contributed by atoms with Gasteiger partial charge in [-0.2, -0.15) is 0 Å². The van der Waals surface area contributed by atoms with Crippen LogP contribution < -0.4 is 28.9 Å². The van der Waals surface area contributed by atoms with Gasteiger partial charge in [0.1, 0.15) is 17.2 Å². The summed E-state index contributed by atoms with van der Waals surface area (Å²) < 4.78 is 18.9. The number of ether oxygens (including phenoxy) is 3. The Hall–Kier alpha value is -11.6. The number of carbonyl (C=O) groups is 3. The first kappa shape index (κ1) is 59.8. The zero-order valence-corrected chi connectivity index (χ0v) is 51.6. The summed E-state index contributed by atoms with van der Waals surface area (Å²) in [5.41, 5.74) is 17.3. The number of hydrogen-bond donors (Lipinski definition) is 0. The minimum atomic E-state index is -0.477. The first-order valence-electron chi connectivity index (χ1n) is 30.4. The average Bonchev–Trinajstić information content (AvgIpc) is 0.921. The third-order valence-corrected chi connectivity index (χ3v) is 16.2. The molecule has 0 unspecified atom stereocenters. The number of para-hydroxylation sites is 6. The molecule has 446 valence electrons. The lowest BCUT2D eigenvalue weighted by molar-refractivity contribution is 0.0723. The fourth-order valence-corrected chi connectivity index (χ4v) is 12.0. The molecular formula is C82H67N3O6. The Labute approximate surface area is 532 Å². The number of aryl methyl sites for hydroxylation is 6. The van der Waals surface area contributed by atoms with Crippen molar-refractivity contribution in [2.75, 3.05) is 14.7 Å². The molecule has 0 N–H and O–H groups in total. The van der Waals surface area contributed by atoms with Gasteiger partial charge < -0.3 is 28.9 Å². The van der Waals surface area contributed by atoms with Crippen molar-refractivity contribution < 1.29 is 28.6 Å². The van der Waals surface area contributed by atoms with Crippen LogP contribution in [0.3, 0.4) is 0 Å². The van der Waals surface area contributed by atoms with E-state index in [0.717, 1.165) is 101 Å². The van der Waals surface area contributed by atoms with E-state index < -0.39 is 17.9 Å². The third kappa shape index (κ3) is 13.2. The molecule has 12 rings (SSSR count). The van der Waals surface area contributed by atoms with Crippen molar-refractivity contribution in [3.8, 4) is 17.2 Å². The molecule has 0 radical (unpaired) electrons. The van der Waals surface area contributed by atoms with Gasteiger partial charge in [0.15, 0.2) is 0 Å². The predicted octanol–water partition coefficient (Wildman–Crippen LogP) is 20.8. The predicted molar refractivity (Wildman–Crippen MR) is 367 cm³/mol. The van der Waals surface area contributed by atoms with Gasteiger partial charge in [0.25, 0.3) is 0 Å². The van der Waals surface area contributed by atoms with Crippen LogP contribution in [0.2, 0.25) is 0 Å². The van der Waals surface area contributed by atoms with Gasteiger partial charge >= 0.3 is 17.9 Å². The summed E-state index contributed by atoms with van der Waals surface area (Å²) in [5, 5.41) is 0. The summed E-state index contributed by atoms with van der Waals surface area (Å²) in [4.78, 5) is 48.8. The second kappa shape index (κ2) is 26.8. The second-order valence-corrected chi connectivity index (χ2v) is 22.7. The normalized spacial score (nSPS) is 11.0. The van der Waals surface area contributed by atoms with Gasteiger partial charge in [-0.3, -0.25) is 0 Å². The van der Waals surface area contributed by atoms with Crippen LogP contribution in [0.25, 0.3) is 0 Å². The maximum absolute atomic E-state index is 14.1. The highest BCUT2D eigenvalue weighted by atomic mass is 16.5. The van der Waals surface area contributed by atoms with Crippen LogP contribution in [-0.4, -0.2) is 17.9 Å². The Morgan fingerprint density at radius 3 is 0.582 bits per heavy atom. The lowest BCUT2D eigenvalue weighted by atomic mass is 9.81. The van der Waals surface area contributed by atoms with E-state index in [9.17, 15) is 14.4 Å². The number of carbonyl (C=O) groups excluding carboxylic acids is 3. The molecule has 0 atom stereocenters. The van der Waals surface area contributed by atoms with Crippen molar-refractivity contribution in [2.24, 2.45) is 0 Å². The van der Waals surface area contributed by atoms with Crippen molar-refractivity contribution >= 4 is 69.1 Å². The molecule has 0 fully saturated rings. The summed E-state index contributed by atoms with van der Waals surface area (Å²) in [7, 11) is 0. The molecule has 12 aromatic carbocycles. The van der Waals surface area contributed by atoms with Crippen molar-refractivity contribution in [1.82, 2.24) is 0 Å². The molecule has 9 heteroatoms. The van der Waals surface area contributed by atoms with E-state index in [1.807, 2.05) is 187 Å². The van der Waals surface area contributed by atoms with Gasteiger partial charge in [-0.05, 0) is 237 Å². The molecule has 12 aromatic rings. The van der Waals surface area contributed by atoms with Gasteiger partial charge in [0.05, 0.1) is 16.7 Å². The van der Waals surface area contributed by atoms with E-state index in [0.29, 0.717) is 33.9 Å². The molecule has 9 nitrogen and oxygen atoms in total. The van der Waals surface area contributed by atoms with Gasteiger partial charge in [-0.1, -0.05) is 146 Å². The number of benzene rings is 12. The number of anilines is 9. The first-order valence-corrected chi connectivity index (χ1v) is 30.4. The number of hydrogen-bond acceptors (Lipinski definition) is 9. The maximum Gasteiger partial charge on any atom is 0.343 e.